The Bertz CT molecular complexity index is 1070. The lowest BCUT2D eigenvalue weighted by atomic mass is 9.51. The lowest BCUT2D eigenvalue weighted by molar-refractivity contribution is -0.187. The van der Waals surface area contributed by atoms with Crippen LogP contribution in [0, 0.1) is 23.2 Å². The Morgan fingerprint density at radius 2 is 1.85 bits per heavy atom. The molecule has 5 fully saturated rings. The molecule has 5 atom stereocenters. The van der Waals surface area contributed by atoms with Crippen molar-refractivity contribution in [2.75, 3.05) is 26.4 Å². The lowest BCUT2D eigenvalue weighted by Crippen LogP contribution is -2.69. The van der Waals surface area contributed by atoms with Crippen LogP contribution in [0.3, 0.4) is 0 Å². The monoisotopic (exact) mass is 569 g/mol. The van der Waals surface area contributed by atoms with Crippen LogP contribution in [0.4, 0.5) is 0 Å². The van der Waals surface area contributed by atoms with Crippen LogP contribution in [-0.4, -0.2) is 90.2 Å². The number of rotatable bonds is 11. The van der Waals surface area contributed by atoms with E-state index in [1.54, 1.807) is 20.8 Å². The average Bonchev–Trinajstić information content (AvgIpc) is 3.28. The van der Waals surface area contributed by atoms with Crippen molar-refractivity contribution in [1.29, 1.82) is 5.26 Å². The minimum Gasteiger partial charge on any atom is -0.458 e. The Labute approximate surface area is 231 Å². The molecule has 2 N–H and O–H groups in total. The highest BCUT2D eigenvalue weighted by Gasteiger charge is 2.60. The third kappa shape index (κ3) is 7.11. The molecule has 39 heavy (non-hydrogen) atoms. The molecule has 0 aromatic heterocycles. The molecule has 4 aliphatic carbocycles. The molecule has 1 heterocycles. The molecule has 220 valence electrons. The summed E-state index contributed by atoms with van der Waals surface area (Å²) in [7, 11) is -4.14. The fourth-order valence-corrected chi connectivity index (χ4v) is 7.66. The normalized spacial score (nSPS) is 33.5. The summed E-state index contributed by atoms with van der Waals surface area (Å²) in [5.41, 5.74) is -1.65. The molecule has 0 spiro atoms. The number of likely N-dealkylation sites (tertiary alicyclic amines) is 1. The van der Waals surface area contributed by atoms with Gasteiger partial charge in [-0.25, -0.2) is 4.79 Å². The van der Waals surface area contributed by atoms with Crippen LogP contribution in [0.25, 0.3) is 0 Å². The Morgan fingerprint density at radius 3 is 2.44 bits per heavy atom. The van der Waals surface area contributed by atoms with Crippen LogP contribution in [0.15, 0.2) is 0 Å². The second-order valence-corrected chi connectivity index (χ2v) is 14.9. The summed E-state index contributed by atoms with van der Waals surface area (Å²) in [6.45, 7) is 7.49. The zero-order valence-electron chi connectivity index (χ0n) is 23.5. The van der Waals surface area contributed by atoms with E-state index >= 15 is 0 Å². The van der Waals surface area contributed by atoms with Crippen molar-refractivity contribution in [2.24, 2.45) is 11.8 Å². The van der Waals surface area contributed by atoms with Crippen molar-refractivity contribution in [3.63, 3.8) is 0 Å². The molecule has 1 saturated heterocycles. The van der Waals surface area contributed by atoms with Gasteiger partial charge in [-0.15, -0.1) is 0 Å². The van der Waals surface area contributed by atoms with Gasteiger partial charge in [0.15, 0.2) is 6.04 Å². The minimum atomic E-state index is -4.14. The molecule has 1 amide bonds. The van der Waals surface area contributed by atoms with Gasteiger partial charge < -0.3 is 19.1 Å². The number of amides is 1. The topological polar surface area (TPSA) is 155 Å². The van der Waals surface area contributed by atoms with Gasteiger partial charge in [0.2, 0.25) is 0 Å². The Kier molecular flexibility index (Phi) is 8.70. The number of hydrogen-bond donors (Lipinski definition) is 2. The fourth-order valence-electron chi connectivity index (χ4n) is 7.39. The first kappa shape index (κ1) is 30.2. The van der Waals surface area contributed by atoms with E-state index in [0.717, 1.165) is 38.5 Å². The van der Waals surface area contributed by atoms with Crippen molar-refractivity contribution in [3.8, 4) is 6.07 Å². The molecule has 5 rings (SSSR count). The summed E-state index contributed by atoms with van der Waals surface area (Å²) in [4.78, 5) is 28.6. The predicted octanol–water partition coefficient (Wildman–Crippen LogP) is 2.20. The summed E-state index contributed by atoms with van der Waals surface area (Å²) in [5, 5.41) is 12.0. The van der Waals surface area contributed by atoms with Crippen molar-refractivity contribution in [3.05, 3.63) is 0 Å². The fraction of sp³-hybridized carbons (Fsp3) is 0.889. The maximum Gasteiger partial charge on any atom is 0.333 e. The van der Waals surface area contributed by atoms with Crippen molar-refractivity contribution in [1.82, 2.24) is 10.2 Å². The van der Waals surface area contributed by atoms with Crippen LogP contribution in [0.5, 0.6) is 0 Å². The van der Waals surface area contributed by atoms with E-state index in [4.69, 9.17) is 18.8 Å². The van der Waals surface area contributed by atoms with E-state index in [1.807, 2.05) is 0 Å². The van der Waals surface area contributed by atoms with Gasteiger partial charge in [0.05, 0.1) is 31.5 Å². The number of nitriles is 1. The van der Waals surface area contributed by atoms with Crippen molar-refractivity contribution >= 4 is 22.0 Å². The average molecular weight is 570 g/mol. The smallest absolute Gasteiger partial charge is 0.333 e. The molecular weight excluding hydrogens is 526 g/mol. The molecule has 1 aliphatic heterocycles. The van der Waals surface area contributed by atoms with Gasteiger partial charge in [0.1, 0.15) is 16.9 Å². The van der Waals surface area contributed by atoms with E-state index in [0.29, 0.717) is 31.2 Å². The van der Waals surface area contributed by atoms with Gasteiger partial charge in [-0.2, -0.15) is 13.7 Å². The van der Waals surface area contributed by atoms with Crippen LogP contribution in [-0.2, 0) is 33.9 Å². The number of hydrogen-bond acceptors (Lipinski definition) is 9. The van der Waals surface area contributed by atoms with Crippen LogP contribution >= 0.6 is 0 Å². The number of esters is 1. The summed E-state index contributed by atoms with van der Waals surface area (Å²) < 4.78 is 49.1. The van der Waals surface area contributed by atoms with E-state index in [-0.39, 0.29) is 19.8 Å². The highest BCUT2D eigenvalue weighted by atomic mass is 32.2. The zero-order chi connectivity index (χ0) is 28.6. The van der Waals surface area contributed by atoms with E-state index < -0.39 is 56.1 Å². The van der Waals surface area contributed by atoms with Crippen LogP contribution < -0.4 is 5.32 Å². The number of carbonyl (C=O) groups excluding carboxylic acids is 2. The van der Waals surface area contributed by atoms with E-state index in [9.17, 15) is 23.3 Å². The van der Waals surface area contributed by atoms with Crippen LogP contribution in [0.2, 0.25) is 0 Å². The Morgan fingerprint density at radius 1 is 1.18 bits per heavy atom. The molecule has 12 heteroatoms. The molecule has 4 saturated carbocycles. The maximum atomic E-state index is 13.7. The number of nitrogens with one attached hydrogen (secondary N) is 1. The molecule has 0 aromatic rings. The van der Waals surface area contributed by atoms with Crippen molar-refractivity contribution < 1.29 is 36.8 Å². The SMILES string of the molecule is CC(COCCOC12CC3CC(CC(NC(C(=O)OC(C)(C)C)C(=O)N4CCC[C@H]4C#N)(C3)C1)C2)S(=O)(=O)O. The quantitative estimate of drug-likeness (QED) is 0.164. The number of ether oxygens (including phenoxy) is 3. The first-order valence-corrected chi connectivity index (χ1v) is 15.5. The number of carbonyl (C=O) groups is 2. The molecule has 11 nitrogen and oxygen atoms in total. The Hall–Kier alpha value is -1.78. The highest BCUT2D eigenvalue weighted by Crippen LogP contribution is 2.59. The summed E-state index contributed by atoms with van der Waals surface area (Å²) in [6.07, 6.45) is 6.51. The molecule has 5 aliphatic rings. The molecular formula is C27H43N3O8S. The van der Waals surface area contributed by atoms with Crippen molar-refractivity contribution in [2.45, 2.75) is 113 Å². The lowest BCUT2D eigenvalue weighted by Gasteiger charge is -2.62. The van der Waals surface area contributed by atoms with Gasteiger partial charge in [0, 0.05) is 12.1 Å². The molecule has 4 unspecified atom stereocenters. The van der Waals surface area contributed by atoms with Crippen LogP contribution in [0.1, 0.15) is 79.1 Å². The molecule has 0 radical (unpaired) electrons. The standard InChI is InChI=1S/C27H43N3O8S/c1-18(39(33,34)35)16-36-8-9-37-27-13-19-10-20(14-27)12-26(11-19,17-27)29-22(24(32)38-25(2,3)4)23(31)30-7-5-6-21(30)15-28/h18-22,29H,5-14,16-17H2,1-4H3,(H,33,34,35)/t18?,19?,20?,21-,22?,26?,27?/m0/s1. The summed E-state index contributed by atoms with van der Waals surface area (Å²) >= 11 is 0. The second kappa shape index (κ2) is 11.2. The van der Waals surface area contributed by atoms with Gasteiger partial charge in [-0.3, -0.25) is 14.7 Å². The first-order valence-electron chi connectivity index (χ1n) is 14.0. The van der Waals surface area contributed by atoms with Gasteiger partial charge in [-0.05, 0) is 90.9 Å². The zero-order valence-corrected chi connectivity index (χ0v) is 24.3. The maximum absolute atomic E-state index is 13.7. The third-order valence-corrected chi connectivity index (χ3v) is 9.68. The minimum absolute atomic E-state index is 0.119. The summed E-state index contributed by atoms with van der Waals surface area (Å²) in [6, 6.07) is 0.457. The van der Waals surface area contributed by atoms with Gasteiger partial charge >= 0.3 is 5.97 Å². The van der Waals surface area contributed by atoms with E-state index in [1.165, 1.54) is 11.8 Å². The third-order valence-electron chi connectivity index (χ3n) is 8.53. The second-order valence-electron chi connectivity index (χ2n) is 13.1. The van der Waals surface area contributed by atoms with Gasteiger partial charge in [0.25, 0.3) is 16.0 Å². The largest absolute Gasteiger partial charge is 0.458 e. The predicted molar refractivity (Wildman–Crippen MR) is 141 cm³/mol. The van der Waals surface area contributed by atoms with Gasteiger partial charge in [-0.1, -0.05) is 0 Å². The molecule has 0 aromatic carbocycles. The summed E-state index contributed by atoms with van der Waals surface area (Å²) in [5.74, 6) is -0.233. The highest BCUT2D eigenvalue weighted by molar-refractivity contribution is 7.86. The Balaban J connectivity index is 1.47. The van der Waals surface area contributed by atoms with E-state index in [2.05, 4.69) is 11.4 Å². The first-order chi connectivity index (χ1) is 18.1. The number of nitrogens with zero attached hydrogens (tertiary/aromatic N) is 2. The molecule has 4 bridgehead atoms.